The summed E-state index contributed by atoms with van der Waals surface area (Å²) in [6.45, 7) is 1.72. The largest absolute Gasteiger partial charge is 0.506 e. The number of phenolic OH excluding ortho intramolecular Hbond substituents is 1. The van der Waals surface area contributed by atoms with Crippen molar-refractivity contribution in [3.05, 3.63) is 28.0 Å². The van der Waals surface area contributed by atoms with Gasteiger partial charge in [-0.3, -0.25) is 0 Å². The Kier molecular flexibility index (Phi) is 2.69. The molecular weight excluding hydrogens is 225 g/mol. The summed E-state index contributed by atoms with van der Waals surface area (Å²) >= 11 is 2.92. The van der Waals surface area contributed by atoms with E-state index in [0.717, 1.165) is 0 Å². The Morgan fingerprint density at radius 2 is 2.17 bits per heavy atom. The fourth-order valence-corrected chi connectivity index (χ4v) is 1.28. The first kappa shape index (κ1) is 9.48. The highest BCUT2D eigenvalue weighted by Crippen LogP contribution is 2.32. The highest BCUT2D eigenvalue weighted by molar-refractivity contribution is 9.10. The second-order valence-corrected chi connectivity index (χ2v) is 3.38. The Morgan fingerprint density at radius 3 is 2.67 bits per heavy atom. The molecule has 4 heteroatoms. The zero-order valence-electron chi connectivity index (χ0n) is 6.51. The van der Waals surface area contributed by atoms with Crippen molar-refractivity contribution in [2.24, 2.45) is 5.73 Å². The molecule has 0 aliphatic rings. The number of benzene rings is 1. The predicted molar refractivity (Wildman–Crippen MR) is 48.4 cm³/mol. The molecule has 3 N–H and O–H groups in total. The third-order valence-corrected chi connectivity index (χ3v) is 2.35. The lowest BCUT2D eigenvalue weighted by Gasteiger charge is -2.09. The van der Waals surface area contributed by atoms with Gasteiger partial charge in [0.05, 0.1) is 4.47 Å². The lowest BCUT2D eigenvalue weighted by molar-refractivity contribution is 0.452. The Hall–Kier alpha value is -0.610. The van der Waals surface area contributed by atoms with Crippen LogP contribution in [0.5, 0.6) is 5.75 Å². The zero-order valence-corrected chi connectivity index (χ0v) is 8.10. The zero-order chi connectivity index (χ0) is 9.30. The van der Waals surface area contributed by atoms with Crippen LogP contribution in [0.4, 0.5) is 4.39 Å². The summed E-state index contributed by atoms with van der Waals surface area (Å²) < 4.78 is 12.8. The average Bonchev–Trinajstić information content (AvgIpc) is 2.00. The van der Waals surface area contributed by atoms with Gasteiger partial charge in [0, 0.05) is 11.6 Å². The quantitative estimate of drug-likeness (QED) is 0.783. The molecule has 0 aliphatic carbocycles. The van der Waals surface area contributed by atoms with Crippen molar-refractivity contribution in [2.45, 2.75) is 13.0 Å². The molecule has 0 aromatic heterocycles. The lowest BCUT2D eigenvalue weighted by atomic mass is 10.1. The summed E-state index contributed by atoms with van der Waals surface area (Å²) in [7, 11) is 0. The molecule has 0 spiro atoms. The van der Waals surface area contributed by atoms with E-state index >= 15 is 0 Å². The maximum absolute atomic E-state index is 12.8. The molecular formula is C8H9BrFNO. The highest BCUT2D eigenvalue weighted by atomic mass is 79.9. The Bertz CT molecular complexity index is 301. The van der Waals surface area contributed by atoms with Crippen LogP contribution in [0.1, 0.15) is 18.5 Å². The lowest BCUT2D eigenvalue weighted by Crippen LogP contribution is -2.05. The Balaban J connectivity index is 3.27. The summed E-state index contributed by atoms with van der Waals surface area (Å²) in [5, 5.41) is 9.38. The van der Waals surface area contributed by atoms with Gasteiger partial charge in [-0.25, -0.2) is 4.39 Å². The van der Waals surface area contributed by atoms with Crippen LogP contribution in [0.25, 0.3) is 0 Å². The SMILES string of the molecule is C[C@H](N)c1ccc(F)c(Br)c1O. The maximum atomic E-state index is 12.8. The summed E-state index contributed by atoms with van der Waals surface area (Å²) in [6.07, 6.45) is 0. The van der Waals surface area contributed by atoms with E-state index in [0.29, 0.717) is 5.56 Å². The molecule has 1 rings (SSSR count). The van der Waals surface area contributed by atoms with Gasteiger partial charge in [0.1, 0.15) is 11.6 Å². The van der Waals surface area contributed by atoms with Gasteiger partial charge in [-0.2, -0.15) is 0 Å². The first-order chi connectivity index (χ1) is 5.54. The third kappa shape index (κ3) is 1.59. The smallest absolute Gasteiger partial charge is 0.141 e. The molecule has 66 valence electrons. The fourth-order valence-electron chi connectivity index (χ4n) is 0.922. The minimum absolute atomic E-state index is 0.0669. The fraction of sp³-hybridized carbons (Fsp3) is 0.250. The van der Waals surface area contributed by atoms with E-state index in [2.05, 4.69) is 15.9 Å². The number of nitrogens with two attached hydrogens (primary N) is 1. The molecule has 0 saturated carbocycles. The molecule has 1 atom stereocenters. The van der Waals surface area contributed by atoms with Crippen molar-refractivity contribution >= 4 is 15.9 Å². The molecule has 0 fully saturated rings. The number of rotatable bonds is 1. The van der Waals surface area contributed by atoms with E-state index in [1.807, 2.05) is 0 Å². The number of phenols is 1. The number of halogens is 2. The van der Waals surface area contributed by atoms with E-state index in [1.54, 1.807) is 6.92 Å². The van der Waals surface area contributed by atoms with Gasteiger partial charge in [0.15, 0.2) is 0 Å². The molecule has 0 saturated heterocycles. The molecule has 0 radical (unpaired) electrons. The van der Waals surface area contributed by atoms with Crippen molar-refractivity contribution in [1.29, 1.82) is 0 Å². The molecule has 1 aromatic rings. The van der Waals surface area contributed by atoms with E-state index in [9.17, 15) is 9.50 Å². The number of hydrogen-bond donors (Lipinski definition) is 2. The van der Waals surface area contributed by atoms with Crippen molar-refractivity contribution in [1.82, 2.24) is 0 Å². The van der Waals surface area contributed by atoms with E-state index in [4.69, 9.17) is 5.73 Å². The van der Waals surface area contributed by atoms with Crippen LogP contribution in [0, 0.1) is 5.82 Å². The molecule has 0 bridgehead atoms. The van der Waals surface area contributed by atoms with Crippen LogP contribution >= 0.6 is 15.9 Å². The summed E-state index contributed by atoms with van der Waals surface area (Å²) in [6, 6.07) is 2.43. The van der Waals surface area contributed by atoms with Gasteiger partial charge in [-0.15, -0.1) is 0 Å². The molecule has 12 heavy (non-hydrogen) atoms. The Morgan fingerprint density at radius 1 is 1.58 bits per heavy atom. The van der Waals surface area contributed by atoms with Crippen molar-refractivity contribution in [3.8, 4) is 5.75 Å². The molecule has 1 aromatic carbocycles. The second-order valence-electron chi connectivity index (χ2n) is 2.59. The van der Waals surface area contributed by atoms with Gasteiger partial charge in [-0.1, -0.05) is 6.07 Å². The van der Waals surface area contributed by atoms with Crippen LogP contribution in [0.15, 0.2) is 16.6 Å². The van der Waals surface area contributed by atoms with Gasteiger partial charge < -0.3 is 10.8 Å². The van der Waals surface area contributed by atoms with E-state index < -0.39 is 5.82 Å². The number of hydrogen-bond acceptors (Lipinski definition) is 2. The van der Waals surface area contributed by atoms with E-state index in [1.165, 1.54) is 12.1 Å². The Labute approximate surface area is 78.3 Å². The first-order valence-corrected chi connectivity index (χ1v) is 4.25. The van der Waals surface area contributed by atoms with Crippen LogP contribution in [-0.4, -0.2) is 5.11 Å². The summed E-state index contributed by atoms with van der Waals surface area (Å²) in [5.74, 6) is -0.609. The minimum atomic E-state index is -0.489. The first-order valence-electron chi connectivity index (χ1n) is 3.46. The molecule has 0 amide bonds. The highest BCUT2D eigenvalue weighted by Gasteiger charge is 2.12. The van der Waals surface area contributed by atoms with Crippen LogP contribution in [0.2, 0.25) is 0 Å². The normalized spacial score (nSPS) is 13.0. The topological polar surface area (TPSA) is 46.2 Å². The third-order valence-electron chi connectivity index (χ3n) is 1.59. The molecule has 0 unspecified atom stereocenters. The van der Waals surface area contributed by atoms with Gasteiger partial charge >= 0.3 is 0 Å². The molecule has 0 heterocycles. The van der Waals surface area contributed by atoms with Gasteiger partial charge in [0.25, 0.3) is 0 Å². The van der Waals surface area contributed by atoms with Crippen LogP contribution in [-0.2, 0) is 0 Å². The van der Waals surface area contributed by atoms with Crippen LogP contribution in [0.3, 0.4) is 0 Å². The van der Waals surface area contributed by atoms with Crippen molar-refractivity contribution < 1.29 is 9.50 Å². The predicted octanol–water partition coefficient (Wildman–Crippen LogP) is 2.31. The molecule has 0 aliphatic heterocycles. The standard InChI is InChI=1S/C8H9BrFNO/c1-4(11)5-2-3-6(10)7(9)8(5)12/h2-4,12H,11H2,1H3/t4-/m0/s1. The maximum Gasteiger partial charge on any atom is 0.141 e. The minimum Gasteiger partial charge on any atom is -0.506 e. The second kappa shape index (κ2) is 3.41. The van der Waals surface area contributed by atoms with Gasteiger partial charge in [-0.05, 0) is 28.9 Å². The summed E-state index contributed by atoms with van der Waals surface area (Å²) in [4.78, 5) is 0. The van der Waals surface area contributed by atoms with E-state index in [-0.39, 0.29) is 16.3 Å². The molecule has 2 nitrogen and oxygen atoms in total. The van der Waals surface area contributed by atoms with Crippen molar-refractivity contribution in [2.75, 3.05) is 0 Å². The summed E-state index contributed by atoms with van der Waals surface area (Å²) in [5.41, 5.74) is 6.06. The monoisotopic (exact) mass is 233 g/mol. The average molecular weight is 234 g/mol. The van der Waals surface area contributed by atoms with Gasteiger partial charge in [0.2, 0.25) is 0 Å². The van der Waals surface area contributed by atoms with Crippen molar-refractivity contribution in [3.63, 3.8) is 0 Å². The van der Waals surface area contributed by atoms with Crippen LogP contribution < -0.4 is 5.73 Å². The number of aromatic hydroxyl groups is 1.